The number of aromatic nitrogens is 1. The number of hydrogen-bond acceptors (Lipinski definition) is 2. The maximum absolute atomic E-state index is 11.6. The molecule has 2 rings (SSSR count). The van der Waals surface area contributed by atoms with Gasteiger partial charge in [0.05, 0.1) is 6.54 Å². The summed E-state index contributed by atoms with van der Waals surface area (Å²) in [6, 6.07) is 4.04. The van der Waals surface area contributed by atoms with Crippen LogP contribution < -0.4 is 5.73 Å². The van der Waals surface area contributed by atoms with E-state index >= 15 is 0 Å². The number of benzene rings is 1. The monoisotopic (exact) mass is 202 g/mol. The fourth-order valence-corrected chi connectivity index (χ4v) is 1.84. The Morgan fingerprint density at radius 3 is 2.80 bits per heavy atom. The van der Waals surface area contributed by atoms with Crippen molar-refractivity contribution in [3.8, 4) is 0 Å². The van der Waals surface area contributed by atoms with Crippen molar-refractivity contribution in [2.75, 3.05) is 6.54 Å². The molecule has 0 spiro atoms. The highest BCUT2D eigenvalue weighted by atomic mass is 16.1. The van der Waals surface area contributed by atoms with Crippen LogP contribution in [0.2, 0.25) is 0 Å². The summed E-state index contributed by atoms with van der Waals surface area (Å²) in [5.74, 6) is -0.0186. The molecule has 1 heterocycles. The first kappa shape index (κ1) is 9.93. The number of nitrogens with one attached hydrogen (secondary N) is 1. The van der Waals surface area contributed by atoms with E-state index in [4.69, 9.17) is 5.73 Å². The van der Waals surface area contributed by atoms with Crippen LogP contribution in [0.15, 0.2) is 18.3 Å². The first-order valence-electron chi connectivity index (χ1n) is 4.95. The van der Waals surface area contributed by atoms with Crippen molar-refractivity contribution in [2.45, 2.75) is 13.8 Å². The number of aryl methyl sites for hydroxylation is 2. The molecule has 0 atom stereocenters. The fraction of sp³-hybridized carbons (Fsp3) is 0.250. The number of aromatic amines is 1. The molecular weight excluding hydrogens is 188 g/mol. The molecule has 0 aliphatic rings. The van der Waals surface area contributed by atoms with Gasteiger partial charge < -0.3 is 10.7 Å². The van der Waals surface area contributed by atoms with Gasteiger partial charge in [-0.05, 0) is 31.0 Å². The van der Waals surface area contributed by atoms with Crippen LogP contribution in [0.1, 0.15) is 21.5 Å². The number of Topliss-reactive ketones (excluding diaryl/α,β-unsaturated/α-hetero) is 1. The molecule has 3 heteroatoms. The van der Waals surface area contributed by atoms with Crippen LogP contribution in [0.25, 0.3) is 10.9 Å². The van der Waals surface area contributed by atoms with Crippen LogP contribution >= 0.6 is 0 Å². The standard InChI is InChI=1S/C12H14N2O/c1-7-3-4-10-12(8(7)2)9(6-14-10)11(15)5-13/h3-4,6,14H,5,13H2,1-2H3. The van der Waals surface area contributed by atoms with Crippen molar-refractivity contribution in [3.05, 3.63) is 35.0 Å². The summed E-state index contributed by atoms with van der Waals surface area (Å²) in [6.07, 6.45) is 1.74. The van der Waals surface area contributed by atoms with E-state index in [1.165, 1.54) is 5.56 Å². The molecule has 0 bridgehead atoms. The van der Waals surface area contributed by atoms with Crippen molar-refractivity contribution < 1.29 is 4.79 Å². The van der Waals surface area contributed by atoms with E-state index < -0.39 is 0 Å². The van der Waals surface area contributed by atoms with Crippen molar-refractivity contribution in [1.82, 2.24) is 4.98 Å². The predicted molar refractivity (Wildman–Crippen MR) is 61.2 cm³/mol. The zero-order valence-electron chi connectivity index (χ0n) is 8.92. The third-order valence-corrected chi connectivity index (χ3v) is 2.86. The van der Waals surface area contributed by atoms with Crippen LogP contribution in [0, 0.1) is 13.8 Å². The van der Waals surface area contributed by atoms with Gasteiger partial charge in [0.1, 0.15) is 0 Å². The lowest BCUT2D eigenvalue weighted by Gasteiger charge is -2.03. The van der Waals surface area contributed by atoms with Gasteiger partial charge in [0.25, 0.3) is 0 Å². The van der Waals surface area contributed by atoms with Crippen molar-refractivity contribution in [3.63, 3.8) is 0 Å². The molecule has 0 amide bonds. The van der Waals surface area contributed by atoms with Crippen molar-refractivity contribution in [1.29, 1.82) is 0 Å². The Labute approximate surface area is 88.3 Å². The van der Waals surface area contributed by atoms with Crippen LogP contribution in [-0.4, -0.2) is 17.3 Å². The summed E-state index contributed by atoms with van der Waals surface area (Å²) < 4.78 is 0. The molecule has 2 aromatic rings. The zero-order chi connectivity index (χ0) is 11.0. The Balaban J connectivity index is 2.77. The van der Waals surface area contributed by atoms with E-state index in [-0.39, 0.29) is 12.3 Å². The summed E-state index contributed by atoms with van der Waals surface area (Å²) in [5, 5.41) is 1.01. The Bertz CT molecular complexity index is 526. The molecule has 0 aliphatic carbocycles. The Kier molecular flexibility index (Phi) is 2.32. The van der Waals surface area contributed by atoms with E-state index in [0.29, 0.717) is 5.56 Å². The molecule has 78 valence electrons. The second-order valence-corrected chi connectivity index (χ2v) is 3.76. The molecule has 3 nitrogen and oxygen atoms in total. The SMILES string of the molecule is Cc1ccc2[nH]cc(C(=O)CN)c2c1C. The van der Waals surface area contributed by atoms with Crippen LogP contribution in [0.3, 0.4) is 0 Å². The van der Waals surface area contributed by atoms with Crippen LogP contribution in [-0.2, 0) is 0 Å². The highest BCUT2D eigenvalue weighted by Crippen LogP contribution is 2.24. The molecule has 0 saturated heterocycles. The van der Waals surface area contributed by atoms with E-state index in [2.05, 4.69) is 4.98 Å². The highest BCUT2D eigenvalue weighted by molar-refractivity contribution is 6.09. The number of H-pyrrole nitrogens is 1. The molecule has 0 aliphatic heterocycles. The average molecular weight is 202 g/mol. The number of carbonyl (C=O) groups is 1. The van der Waals surface area contributed by atoms with Gasteiger partial charge in [-0.3, -0.25) is 4.79 Å². The van der Waals surface area contributed by atoms with Gasteiger partial charge >= 0.3 is 0 Å². The minimum Gasteiger partial charge on any atom is -0.360 e. The van der Waals surface area contributed by atoms with E-state index in [1.807, 2.05) is 26.0 Å². The topological polar surface area (TPSA) is 58.9 Å². The van der Waals surface area contributed by atoms with Crippen molar-refractivity contribution in [2.24, 2.45) is 5.73 Å². The van der Waals surface area contributed by atoms with Gasteiger partial charge in [0.15, 0.2) is 5.78 Å². The maximum atomic E-state index is 11.6. The van der Waals surface area contributed by atoms with Gasteiger partial charge in [-0.15, -0.1) is 0 Å². The molecule has 0 saturated carbocycles. The molecule has 3 N–H and O–H groups in total. The first-order valence-corrected chi connectivity index (χ1v) is 4.95. The van der Waals surface area contributed by atoms with Gasteiger partial charge in [-0.1, -0.05) is 6.07 Å². The number of nitrogens with two attached hydrogens (primary N) is 1. The third-order valence-electron chi connectivity index (χ3n) is 2.86. The van der Waals surface area contributed by atoms with Crippen molar-refractivity contribution >= 4 is 16.7 Å². The number of ketones is 1. The summed E-state index contributed by atoms with van der Waals surface area (Å²) >= 11 is 0. The summed E-state index contributed by atoms with van der Waals surface area (Å²) in [4.78, 5) is 14.7. The van der Waals surface area contributed by atoms with Crippen LogP contribution in [0.5, 0.6) is 0 Å². The zero-order valence-corrected chi connectivity index (χ0v) is 8.92. The fourth-order valence-electron chi connectivity index (χ4n) is 1.84. The smallest absolute Gasteiger partial charge is 0.178 e. The molecule has 0 radical (unpaired) electrons. The summed E-state index contributed by atoms with van der Waals surface area (Å²) in [5.41, 5.74) is 9.41. The van der Waals surface area contributed by atoms with Gasteiger partial charge in [0.2, 0.25) is 0 Å². The van der Waals surface area contributed by atoms with E-state index in [9.17, 15) is 4.79 Å². The molecule has 0 fully saturated rings. The minimum absolute atomic E-state index is 0.0186. The van der Waals surface area contributed by atoms with Crippen LogP contribution in [0.4, 0.5) is 0 Å². The number of fused-ring (bicyclic) bond motifs is 1. The molecule has 0 unspecified atom stereocenters. The normalized spacial score (nSPS) is 10.9. The lowest BCUT2D eigenvalue weighted by Crippen LogP contribution is -2.13. The van der Waals surface area contributed by atoms with Gasteiger partial charge in [-0.25, -0.2) is 0 Å². The molecule has 15 heavy (non-hydrogen) atoms. The number of rotatable bonds is 2. The lowest BCUT2D eigenvalue weighted by molar-refractivity contribution is 0.100. The lowest BCUT2D eigenvalue weighted by atomic mass is 10.0. The van der Waals surface area contributed by atoms with E-state index in [1.54, 1.807) is 6.20 Å². The predicted octanol–water partition coefficient (Wildman–Crippen LogP) is 1.93. The van der Waals surface area contributed by atoms with Gasteiger partial charge in [-0.2, -0.15) is 0 Å². The Morgan fingerprint density at radius 2 is 2.13 bits per heavy atom. The average Bonchev–Trinajstić information content (AvgIpc) is 2.67. The highest BCUT2D eigenvalue weighted by Gasteiger charge is 2.12. The van der Waals surface area contributed by atoms with Gasteiger partial charge in [0, 0.05) is 22.7 Å². The maximum Gasteiger partial charge on any atom is 0.178 e. The number of carbonyl (C=O) groups excluding carboxylic acids is 1. The summed E-state index contributed by atoms with van der Waals surface area (Å²) in [7, 11) is 0. The molecule has 1 aromatic carbocycles. The second kappa shape index (κ2) is 3.51. The largest absolute Gasteiger partial charge is 0.360 e. The quantitative estimate of drug-likeness (QED) is 0.731. The Morgan fingerprint density at radius 1 is 1.40 bits per heavy atom. The minimum atomic E-state index is -0.0186. The number of hydrogen-bond donors (Lipinski definition) is 2. The molecular formula is C12H14N2O. The Hall–Kier alpha value is -1.61. The third kappa shape index (κ3) is 1.45. The molecule has 1 aromatic heterocycles. The summed E-state index contributed by atoms with van der Waals surface area (Å²) in [6.45, 7) is 4.12. The van der Waals surface area contributed by atoms with E-state index in [0.717, 1.165) is 16.5 Å². The second-order valence-electron chi connectivity index (χ2n) is 3.76. The first-order chi connectivity index (χ1) is 7.15.